The van der Waals surface area contributed by atoms with Crippen LogP contribution in [0.2, 0.25) is 0 Å². The van der Waals surface area contributed by atoms with Gasteiger partial charge in [0, 0.05) is 17.8 Å². The number of nitrogens with zero attached hydrogens (tertiary/aromatic N) is 1. The van der Waals surface area contributed by atoms with Crippen molar-refractivity contribution in [3.63, 3.8) is 0 Å². The Labute approximate surface area is 194 Å². The van der Waals surface area contributed by atoms with E-state index in [9.17, 15) is 9.59 Å². The van der Waals surface area contributed by atoms with Gasteiger partial charge in [0.15, 0.2) is 0 Å². The van der Waals surface area contributed by atoms with Gasteiger partial charge in [-0.05, 0) is 72.2 Å². The van der Waals surface area contributed by atoms with Gasteiger partial charge >= 0.3 is 6.03 Å². The van der Waals surface area contributed by atoms with E-state index in [0.29, 0.717) is 18.7 Å². The number of amides is 3. The molecule has 0 aromatic heterocycles. The highest BCUT2D eigenvalue weighted by Crippen LogP contribution is 2.28. The molecule has 3 N–H and O–H groups in total. The van der Waals surface area contributed by atoms with Gasteiger partial charge in [-0.15, -0.1) is 0 Å². The van der Waals surface area contributed by atoms with Crippen LogP contribution in [0.3, 0.4) is 0 Å². The second-order valence-corrected chi connectivity index (χ2v) is 8.31. The molecule has 0 fully saturated rings. The molecule has 3 aromatic rings. The fourth-order valence-corrected chi connectivity index (χ4v) is 4.06. The maximum Gasteiger partial charge on any atom is 0.322 e. The van der Waals surface area contributed by atoms with Gasteiger partial charge < -0.3 is 11.1 Å². The first-order valence-corrected chi connectivity index (χ1v) is 11.4. The largest absolute Gasteiger partial charge is 0.366 e. The maximum atomic E-state index is 13.2. The highest BCUT2D eigenvalue weighted by Gasteiger charge is 2.17. The number of hydrogen-bond acceptors (Lipinski definition) is 2. The van der Waals surface area contributed by atoms with Crippen molar-refractivity contribution in [2.75, 3.05) is 4.90 Å². The minimum atomic E-state index is -0.466. The fourth-order valence-electron chi connectivity index (χ4n) is 4.06. The first-order valence-electron chi connectivity index (χ1n) is 11.4. The molecule has 1 aliphatic rings. The zero-order valence-electron chi connectivity index (χ0n) is 18.7. The van der Waals surface area contributed by atoms with Gasteiger partial charge in [-0.1, -0.05) is 60.7 Å². The molecule has 0 atom stereocenters. The summed E-state index contributed by atoms with van der Waals surface area (Å²) in [4.78, 5) is 26.3. The van der Waals surface area contributed by atoms with Crippen molar-refractivity contribution in [2.45, 2.75) is 38.8 Å². The van der Waals surface area contributed by atoms with Crippen LogP contribution in [0, 0.1) is 0 Å². The third-order valence-corrected chi connectivity index (χ3v) is 5.95. The molecule has 3 aromatic carbocycles. The molecule has 0 aliphatic heterocycles. The Bertz CT molecular complexity index is 1120. The second-order valence-electron chi connectivity index (χ2n) is 8.31. The molecule has 0 bridgehead atoms. The molecular formula is C28H29N3O2. The van der Waals surface area contributed by atoms with E-state index in [-0.39, 0.29) is 6.03 Å². The predicted octanol–water partition coefficient (Wildman–Crippen LogP) is 5.66. The first kappa shape index (κ1) is 22.3. The number of benzene rings is 3. The van der Waals surface area contributed by atoms with Crippen LogP contribution in [-0.2, 0) is 13.1 Å². The molecule has 0 heterocycles. The second kappa shape index (κ2) is 10.6. The Morgan fingerprint density at radius 3 is 2.21 bits per heavy atom. The summed E-state index contributed by atoms with van der Waals surface area (Å²) >= 11 is 0. The minimum absolute atomic E-state index is 0.178. The number of urea groups is 1. The number of rotatable bonds is 7. The van der Waals surface area contributed by atoms with E-state index in [1.165, 1.54) is 24.0 Å². The highest BCUT2D eigenvalue weighted by atomic mass is 16.2. The normalized spacial score (nSPS) is 13.2. The van der Waals surface area contributed by atoms with E-state index in [1.807, 2.05) is 54.6 Å². The summed E-state index contributed by atoms with van der Waals surface area (Å²) < 4.78 is 0. The lowest BCUT2D eigenvalue weighted by Gasteiger charge is -2.24. The smallest absolute Gasteiger partial charge is 0.322 e. The SMILES string of the molecule is NC(=O)c1ccc(CN(C(=O)NCc2ccccc2)c2ccc(C3=CCCCC3)cc2)cc1. The molecule has 168 valence electrons. The molecule has 0 spiro atoms. The summed E-state index contributed by atoms with van der Waals surface area (Å²) in [6.07, 6.45) is 7.04. The number of carbonyl (C=O) groups excluding carboxylic acids is 2. The predicted molar refractivity (Wildman–Crippen MR) is 133 cm³/mol. The third-order valence-electron chi connectivity index (χ3n) is 5.95. The van der Waals surface area contributed by atoms with Crippen LogP contribution in [-0.4, -0.2) is 11.9 Å². The number of allylic oxidation sites excluding steroid dienone is 2. The van der Waals surface area contributed by atoms with E-state index in [4.69, 9.17) is 5.73 Å². The van der Waals surface area contributed by atoms with Crippen molar-refractivity contribution < 1.29 is 9.59 Å². The number of carbonyl (C=O) groups is 2. The Morgan fingerprint density at radius 1 is 0.848 bits per heavy atom. The average molecular weight is 440 g/mol. The number of nitrogens with two attached hydrogens (primary N) is 1. The lowest BCUT2D eigenvalue weighted by Crippen LogP contribution is -2.39. The van der Waals surface area contributed by atoms with Crippen molar-refractivity contribution >= 4 is 23.2 Å². The summed E-state index contributed by atoms with van der Waals surface area (Å²) in [7, 11) is 0. The summed E-state index contributed by atoms with van der Waals surface area (Å²) in [6.45, 7) is 0.823. The van der Waals surface area contributed by atoms with Crippen LogP contribution in [0.25, 0.3) is 5.57 Å². The Balaban J connectivity index is 1.55. The van der Waals surface area contributed by atoms with Crippen molar-refractivity contribution in [2.24, 2.45) is 5.73 Å². The molecule has 0 saturated heterocycles. The summed E-state index contributed by atoms with van der Waals surface area (Å²) in [6, 6.07) is 24.9. The van der Waals surface area contributed by atoms with Crippen molar-refractivity contribution in [1.29, 1.82) is 0 Å². The molecule has 33 heavy (non-hydrogen) atoms. The van der Waals surface area contributed by atoms with Crippen molar-refractivity contribution in [1.82, 2.24) is 5.32 Å². The van der Waals surface area contributed by atoms with E-state index >= 15 is 0 Å². The van der Waals surface area contributed by atoms with Gasteiger partial charge in [0.05, 0.1) is 6.54 Å². The van der Waals surface area contributed by atoms with Crippen LogP contribution in [0.15, 0.2) is 84.9 Å². The lowest BCUT2D eigenvalue weighted by molar-refractivity contribution is 0.1000. The molecule has 3 amide bonds. The van der Waals surface area contributed by atoms with Gasteiger partial charge in [-0.2, -0.15) is 0 Å². The number of primary amides is 1. The zero-order valence-corrected chi connectivity index (χ0v) is 18.7. The summed E-state index contributed by atoms with van der Waals surface area (Å²) in [5, 5.41) is 3.03. The molecular weight excluding hydrogens is 410 g/mol. The third kappa shape index (κ3) is 5.89. The first-order chi connectivity index (χ1) is 16.1. The highest BCUT2D eigenvalue weighted by molar-refractivity contribution is 5.93. The van der Waals surface area contributed by atoms with Crippen LogP contribution >= 0.6 is 0 Å². The quantitative estimate of drug-likeness (QED) is 0.498. The van der Waals surface area contributed by atoms with E-state index in [0.717, 1.165) is 29.7 Å². The van der Waals surface area contributed by atoms with Crippen LogP contribution in [0.5, 0.6) is 0 Å². The van der Waals surface area contributed by atoms with Gasteiger partial charge in [0.2, 0.25) is 5.91 Å². The molecule has 0 unspecified atom stereocenters. The lowest BCUT2D eigenvalue weighted by atomic mass is 9.93. The van der Waals surface area contributed by atoms with E-state index in [2.05, 4.69) is 23.5 Å². The standard InChI is InChI=1S/C28H29N3O2/c29-27(32)25-13-11-22(12-14-25)20-31(28(33)30-19-21-7-3-1-4-8-21)26-17-15-24(16-18-26)23-9-5-2-6-10-23/h1,3-4,7-9,11-18H,2,5-6,10,19-20H2,(H2,29,32)(H,30,33). The van der Waals surface area contributed by atoms with E-state index < -0.39 is 5.91 Å². The van der Waals surface area contributed by atoms with Gasteiger partial charge in [-0.3, -0.25) is 9.69 Å². The van der Waals surface area contributed by atoms with Crippen LogP contribution in [0.4, 0.5) is 10.5 Å². The molecule has 4 rings (SSSR count). The molecule has 1 aliphatic carbocycles. The Morgan fingerprint density at radius 2 is 1.58 bits per heavy atom. The topological polar surface area (TPSA) is 75.4 Å². The summed E-state index contributed by atoms with van der Waals surface area (Å²) in [5.74, 6) is -0.466. The number of nitrogens with one attached hydrogen (secondary N) is 1. The zero-order chi connectivity index (χ0) is 23.0. The van der Waals surface area contributed by atoms with E-state index in [1.54, 1.807) is 17.0 Å². The molecule has 5 heteroatoms. The monoisotopic (exact) mass is 439 g/mol. The Hall–Kier alpha value is -3.86. The molecule has 5 nitrogen and oxygen atoms in total. The molecule has 0 radical (unpaired) electrons. The number of hydrogen-bond donors (Lipinski definition) is 2. The minimum Gasteiger partial charge on any atom is -0.366 e. The average Bonchev–Trinajstić information content (AvgIpc) is 2.87. The van der Waals surface area contributed by atoms with Crippen molar-refractivity contribution in [3.8, 4) is 0 Å². The number of anilines is 1. The van der Waals surface area contributed by atoms with Gasteiger partial charge in [-0.25, -0.2) is 4.79 Å². The Kier molecular flexibility index (Phi) is 7.20. The van der Waals surface area contributed by atoms with Crippen LogP contribution < -0.4 is 16.0 Å². The molecule has 0 saturated carbocycles. The van der Waals surface area contributed by atoms with Gasteiger partial charge in [0.25, 0.3) is 0 Å². The maximum absolute atomic E-state index is 13.2. The summed E-state index contributed by atoms with van der Waals surface area (Å²) in [5.41, 5.74) is 11.2. The fraction of sp³-hybridized carbons (Fsp3) is 0.214. The van der Waals surface area contributed by atoms with Gasteiger partial charge in [0.1, 0.15) is 0 Å². The van der Waals surface area contributed by atoms with Crippen LogP contribution in [0.1, 0.15) is 52.7 Å². The van der Waals surface area contributed by atoms with Crippen molar-refractivity contribution in [3.05, 3.63) is 107 Å².